The van der Waals surface area contributed by atoms with Crippen molar-refractivity contribution < 1.29 is 36.7 Å². The van der Waals surface area contributed by atoms with E-state index >= 15 is 0 Å². The number of carbonyl (C=O) groups is 3. The molecular weight excluding hydrogens is 676 g/mol. The molecule has 3 fully saturated rings. The van der Waals surface area contributed by atoms with E-state index in [0.717, 1.165) is 62.7 Å². The molecule has 0 bridgehead atoms. The first kappa shape index (κ1) is 40.1. The van der Waals surface area contributed by atoms with Crippen molar-refractivity contribution in [2.75, 3.05) is 49.1 Å². The second-order valence-corrected chi connectivity index (χ2v) is 13.7. The van der Waals surface area contributed by atoms with Crippen molar-refractivity contribution in [3.63, 3.8) is 0 Å². The molecule has 5 rings (SSSR count). The number of likely N-dealkylation sites (tertiary alicyclic amines) is 1. The van der Waals surface area contributed by atoms with Crippen LogP contribution in [0.5, 0.6) is 0 Å². The lowest BCUT2D eigenvalue weighted by molar-refractivity contribution is -0.137. The molecule has 0 aromatic heterocycles. The van der Waals surface area contributed by atoms with Gasteiger partial charge in [0.1, 0.15) is 17.0 Å². The van der Waals surface area contributed by atoms with Crippen LogP contribution in [-0.4, -0.2) is 94.7 Å². The highest BCUT2D eigenvalue weighted by Gasteiger charge is 2.51. The van der Waals surface area contributed by atoms with Gasteiger partial charge in [-0.3, -0.25) is 19.4 Å². The summed E-state index contributed by atoms with van der Waals surface area (Å²) in [6.07, 6.45) is -4.10. The SMILES string of the molecule is CC.CC(C)(C)OC(=O)N1CC(N2CCN(C=O)CC2)C1.Cc1ccc(N2C(=S)N(c3ccc(C#N)c(C(F)(F)F)c3)C(=O)C2(C)C)cc1F. The summed E-state index contributed by atoms with van der Waals surface area (Å²) in [7, 11) is 0. The van der Waals surface area contributed by atoms with Crippen molar-refractivity contribution in [1.82, 2.24) is 14.7 Å². The molecule has 0 spiro atoms. The zero-order valence-corrected chi connectivity index (χ0v) is 30.4. The van der Waals surface area contributed by atoms with Crippen LogP contribution in [0.2, 0.25) is 0 Å². The third-order valence-corrected chi connectivity index (χ3v) is 8.66. The molecule has 2 aromatic rings. The summed E-state index contributed by atoms with van der Waals surface area (Å²) < 4.78 is 59.4. The topological polar surface area (TPSA) is 100 Å². The van der Waals surface area contributed by atoms with Gasteiger partial charge in [0.25, 0.3) is 5.91 Å². The number of halogens is 4. The van der Waals surface area contributed by atoms with E-state index in [1.165, 1.54) is 29.2 Å². The van der Waals surface area contributed by atoms with Gasteiger partial charge in [0, 0.05) is 51.0 Å². The summed E-state index contributed by atoms with van der Waals surface area (Å²) in [6, 6.07) is 9.20. The minimum absolute atomic E-state index is 0.0823. The Bertz CT molecular complexity index is 1620. The number of benzene rings is 2. The predicted molar refractivity (Wildman–Crippen MR) is 186 cm³/mol. The van der Waals surface area contributed by atoms with Gasteiger partial charge in [0.05, 0.1) is 22.9 Å². The number of anilines is 2. The fraction of sp³-hybridized carbons (Fsp3) is 0.514. The summed E-state index contributed by atoms with van der Waals surface area (Å²) in [5, 5.41) is 8.88. The Morgan fingerprint density at radius 3 is 2.10 bits per heavy atom. The third-order valence-electron chi connectivity index (χ3n) is 8.30. The molecule has 0 unspecified atom stereocenters. The zero-order valence-electron chi connectivity index (χ0n) is 29.6. The lowest BCUT2D eigenvalue weighted by Gasteiger charge is -2.47. The van der Waals surface area contributed by atoms with Crippen LogP contribution in [0.25, 0.3) is 0 Å². The molecule has 15 heteroatoms. The van der Waals surface area contributed by atoms with Crippen molar-refractivity contribution in [2.45, 2.75) is 78.7 Å². The predicted octanol–water partition coefficient (Wildman–Crippen LogP) is 6.35. The number of ether oxygens (including phenoxy) is 1. The van der Waals surface area contributed by atoms with E-state index < -0.39 is 40.2 Å². The number of rotatable bonds is 4. The van der Waals surface area contributed by atoms with Gasteiger partial charge in [-0.2, -0.15) is 18.4 Å². The molecule has 3 heterocycles. The normalized spacial score (nSPS) is 18.0. The van der Waals surface area contributed by atoms with Crippen molar-refractivity contribution in [3.8, 4) is 6.07 Å². The molecule has 3 amide bonds. The number of aryl methyl sites for hydroxylation is 1. The number of alkyl halides is 3. The first-order valence-corrected chi connectivity index (χ1v) is 16.7. The van der Waals surface area contributed by atoms with Gasteiger partial charge in [-0.1, -0.05) is 19.9 Å². The first-order valence-electron chi connectivity index (χ1n) is 16.3. The Hall–Kier alpha value is -4.29. The molecule has 0 atom stereocenters. The van der Waals surface area contributed by atoms with E-state index in [9.17, 15) is 31.9 Å². The van der Waals surface area contributed by atoms with Gasteiger partial charge in [-0.25, -0.2) is 9.18 Å². The smallest absolute Gasteiger partial charge is 0.417 e. The molecule has 50 heavy (non-hydrogen) atoms. The number of hydrogen-bond donors (Lipinski definition) is 0. The molecule has 10 nitrogen and oxygen atoms in total. The highest BCUT2D eigenvalue weighted by molar-refractivity contribution is 7.81. The fourth-order valence-electron chi connectivity index (χ4n) is 5.55. The van der Waals surface area contributed by atoms with E-state index in [0.29, 0.717) is 17.3 Å². The number of hydrogen-bond acceptors (Lipinski definition) is 7. The summed E-state index contributed by atoms with van der Waals surface area (Å²) in [4.78, 5) is 43.7. The maximum atomic E-state index is 14.1. The van der Waals surface area contributed by atoms with Crippen LogP contribution in [-0.2, 0) is 20.5 Å². The maximum Gasteiger partial charge on any atom is 0.417 e. The summed E-state index contributed by atoms with van der Waals surface area (Å²) in [5.41, 5.74) is -2.82. The Labute approximate surface area is 296 Å². The minimum atomic E-state index is -4.78. The number of nitrogens with zero attached hydrogens (tertiary/aromatic N) is 6. The van der Waals surface area contributed by atoms with E-state index in [4.69, 9.17) is 22.2 Å². The molecule has 0 aliphatic carbocycles. The number of thiocarbonyl (C=S) groups is 1. The highest BCUT2D eigenvalue weighted by Crippen LogP contribution is 2.40. The number of piperazine rings is 1. The van der Waals surface area contributed by atoms with E-state index in [-0.39, 0.29) is 16.9 Å². The average Bonchev–Trinajstić information content (AvgIpc) is 3.20. The molecule has 2 aromatic carbocycles. The molecule has 0 saturated carbocycles. The van der Waals surface area contributed by atoms with Crippen LogP contribution < -0.4 is 9.80 Å². The van der Waals surface area contributed by atoms with E-state index in [1.807, 2.05) is 34.6 Å². The van der Waals surface area contributed by atoms with Gasteiger partial charge in [0.15, 0.2) is 5.11 Å². The summed E-state index contributed by atoms with van der Waals surface area (Å²) in [6.45, 7) is 19.1. The van der Waals surface area contributed by atoms with Gasteiger partial charge in [-0.05, 0) is 89.7 Å². The lowest BCUT2D eigenvalue weighted by Crippen LogP contribution is -2.64. The molecular formula is C35H44F4N6O4S. The number of amides is 3. The van der Waals surface area contributed by atoms with Gasteiger partial charge in [-0.15, -0.1) is 0 Å². The second kappa shape index (κ2) is 15.7. The molecule has 3 saturated heterocycles. The quantitative estimate of drug-likeness (QED) is 0.205. The third kappa shape index (κ3) is 8.89. The van der Waals surface area contributed by atoms with Gasteiger partial charge >= 0.3 is 12.3 Å². The van der Waals surface area contributed by atoms with Crippen LogP contribution in [0.1, 0.15) is 65.2 Å². The maximum absolute atomic E-state index is 14.1. The van der Waals surface area contributed by atoms with Crippen LogP contribution in [0.4, 0.5) is 33.7 Å². The number of nitriles is 1. The largest absolute Gasteiger partial charge is 0.444 e. The van der Waals surface area contributed by atoms with Crippen LogP contribution in [0.3, 0.4) is 0 Å². The summed E-state index contributed by atoms with van der Waals surface area (Å²) in [5.74, 6) is -1.06. The van der Waals surface area contributed by atoms with Crippen molar-refractivity contribution in [2.24, 2.45) is 0 Å². The monoisotopic (exact) mass is 720 g/mol. The molecule has 3 aliphatic heterocycles. The fourth-order valence-corrected chi connectivity index (χ4v) is 6.07. The van der Waals surface area contributed by atoms with Gasteiger partial charge < -0.3 is 19.4 Å². The van der Waals surface area contributed by atoms with Crippen LogP contribution in [0.15, 0.2) is 36.4 Å². The van der Waals surface area contributed by atoms with Crippen LogP contribution in [0, 0.1) is 24.1 Å². The average molecular weight is 721 g/mol. The van der Waals surface area contributed by atoms with E-state index in [1.54, 1.807) is 36.6 Å². The zero-order chi connectivity index (χ0) is 37.8. The Morgan fingerprint density at radius 2 is 1.60 bits per heavy atom. The molecule has 0 N–H and O–H groups in total. The standard InChI is InChI=1S/C20H15F4N3OS.C13H23N3O3.C2H6/c1-11-4-6-14(9-16(11)21)27-18(29)26(17(28)19(27,2)3)13-7-5-12(10-25)15(8-13)20(22,23)24;1-13(2,3)19-12(18)16-8-11(9-16)15-6-4-14(10-17)5-7-15;1-2/h4-9H,1-3H3;10-11H,4-9H2,1-3H3;1-2H3. The second-order valence-electron chi connectivity index (χ2n) is 13.3. The van der Waals surface area contributed by atoms with Crippen molar-refractivity contribution in [1.29, 1.82) is 5.26 Å². The van der Waals surface area contributed by atoms with Gasteiger partial charge in [0.2, 0.25) is 6.41 Å². The molecule has 0 radical (unpaired) electrons. The van der Waals surface area contributed by atoms with Crippen molar-refractivity contribution >= 4 is 47.1 Å². The molecule has 272 valence electrons. The first-order chi connectivity index (χ1) is 23.3. The van der Waals surface area contributed by atoms with Crippen LogP contribution >= 0.6 is 12.2 Å². The highest BCUT2D eigenvalue weighted by atomic mass is 32.1. The Kier molecular flexibility index (Phi) is 12.6. The lowest BCUT2D eigenvalue weighted by atomic mass is 10.0. The summed E-state index contributed by atoms with van der Waals surface area (Å²) >= 11 is 5.39. The van der Waals surface area contributed by atoms with Crippen molar-refractivity contribution in [3.05, 3.63) is 58.9 Å². The Morgan fingerprint density at radius 1 is 1.02 bits per heavy atom. The Balaban J connectivity index is 0.000000278. The minimum Gasteiger partial charge on any atom is -0.444 e. The number of carbonyl (C=O) groups excluding carboxylic acids is 3. The molecule has 3 aliphatic rings. The van der Waals surface area contributed by atoms with E-state index in [2.05, 4.69) is 4.90 Å².